The predicted molar refractivity (Wildman–Crippen MR) is 222 cm³/mol. The first-order valence-corrected chi connectivity index (χ1v) is 21.5. The second-order valence-electron chi connectivity index (χ2n) is 18.7. The van der Waals surface area contributed by atoms with Gasteiger partial charge < -0.3 is 18.9 Å². The highest BCUT2D eigenvalue weighted by molar-refractivity contribution is 5.96. The van der Waals surface area contributed by atoms with Crippen LogP contribution in [0.25, 0.3) is 16.3 Å². The van der Waals surface area contributed by atoms with Crippen LogP contribution in [0.4, 0.5) is 0 Å². The van der Waals surface area contributed by atoms with Gasteiger partial charge in [0.2, 0.25) is 0 Å². The number of Topliss-reactive ketones (excluding diaryl/α,β-unsaturated/α-hetero) is 3. The molecule has 9 nitrogen and oxygen atoms in total. The van der Waals surface area contributed by atoms with E-state index < -0.39 is 46.8 Å². The highest BCUT2D eigenvalue weighted by Crippen LogP contribution is 2.51. The molecule has 0 aliphatic heterocycles. The Morgan fingerprint density at radius 1 is 0.948 bits per heavy atom. The number of rotatable bonds is 17. The molecule has 9 heteroatoms. The van der Waals surface area contributed by atoms with Gasteiger partial charge >= 0.3 is 11.9 Å². The van der Waals surface area contributed by atoms with E-state index in [-0.39, 0.29) is 42.9 Å². The van der Waals surface area contributed by atoms with Gasteiger partial charge in [-0.25, -0.2) is 0 Å². The summed E-state index contributed by atoms with van der Waals surface area (Å²) in [7, 11) is 1.63. The van der Waals surface area contributed by atoms with Crippen molar-refractivity contribution < 1.29 is 42.9 Å². The lowest BCUT2D eigenvalue weighted by Crippen LogP contribution is -2.40. The Kier molecular flexibility index (Phi) is 12.2. The maximum atomic E-state index is 14.8. The molecule has 6 atom stereocenters. The number of ether oxygens (including phenoxy) is 4. The first-order valence-electron chi connectivity index (χ1n) is 21.5. The van der Waals surface area contributed by atoms with Crippen molar-refractivity contribution in [3.8, 4) is 11.5 Å². The van der Waals surface area contributed by atoms with E-state index in [0.717, 1.165) is 59.6 Å². The average molecular weight is 793 g/mol. The summed E-state index contributed by atoms with van der Waals surface area (Å²) in [5, 5.41) is 1.75. The Morgan fingerprint density at radius 3 is 2.33 bits per heavy atom. The Labute approximate surface area is 343 Å². The van der Waals surface area contributed by atoms with Crippen LogP contribution in [0.1, 0.15) is 123 Å². The van der Waals surface area contributed by atoms with Crippen LogP contribution in [0.2, 0.25) is 0 Å². The number of allylic oxidation sites excluding steroid dienone is 4. The van der Waals surface area contributed by atoms with Gasteiger partial charge in [0.25, 0.3) is 0 Å². The van der Waals surface area contributed by atoms with E-state index in [1.165, 1.54) is 19.8 Å². The summed E-state index contributed by atoms with van der Waals surface area (Å²) in [5.41, 5.74) is 1.18. The van der Waals surface area contributed by atoms with Crippen molar-refractivity contribution in [3.63, 3.8) is 0 Å². The fourth-order valence-electron chi connectivity index (χ4n) is 9.68. The van der Waals surface area contributed by atoms with Gasteiger partial charge in [-0.15, -0.1) is 6.58 Å². The van der Waals surface area contributed by atoms with Crippen LogP contribution in [-0.4, -0.2) is 54.2 Å². The fourth-order valence-corrected chi connectivity index (χ4v) is 9.68. The minimum atomic E-state index is -1.27. The van der Waals surface area contributed by atoms with Crippen molar-refractivity contribution >= 4 is 45.6 Å². The summed E-state index contributed by atoms with van der Waals surface area (Å²) >= 11 is 0. The standard InChI is InChI=1S/C49H60O9/c1-7-35-28-49(35,29(2)50)58-47(54)42-26-39(25-41(42)46(53)43(48(3,4)5)27-45(52)57-37-13-10-14-37)56-44-24-33(22-34-23-38(55-6)17-18-40(34)44)32-16-15-31(19-32)21-36(51)20-30-11-8-9-12-30/h7,16-19,22-24,30,35,37,39,41-43H,1,8-15,20-21,25-28H2,2-6H3. The van der Waals surface area contributed by atoms with E-state index >= 15 is 0 Å². The maximum absolute atomic E-state index is 14.8. The summed E-state index contributed by atoms with van der Waals surface area (Å²) < 4.78 is 24.2. The zero-order valence-electron chi connectivity index (χ0n) is 34.9. The molecule has 0 saturated heterocycles. The number of hydrogen-bond acceptors (Lipinski definition) is 9. The third-order valence-corrected chi connectivity index (χ3v) is 13.5. The highest BCUT2D eigenvalue weighted by Gasteiger charge is 2.62. The van der Waals surface area contributed by atoms with Crippen LogP contribution in [-0.2, 0) is 33.4 Å². The third kappa shape index (κ3) is 9.03. The number of carbonyl (C=O) groups is 5. The van der Waals surface area contributed by atoms with Crippen molar-refractivity contribution in [2.24, 2.45) is 35.0 Å². The van der Waals surface area contributed by atoms with Gasteiger partial charge in [-0.3, -0.25) is 24.0 Å². The van der Waals surface area contributed by atoms with E-state index in [2.05, 4.69) is 24.8 Å². The largest absolute Gasteiger partial charge is 0.497 e. The molecule has 5 aliphatic carbocycles. The van der Waals surface area contributed by atoms with Crippen molar-refractivity contribution in [1.82, 2.24) is 0 Å². The molecule has 0 heterocycles. The Morgan fingerprint density at radius 2 is 1.69 bits per heavy atom. The van der Waals surface area contributed by atoms with Gasteiger partial charge in [-0.2, -0.15) is 0 Å². The third-order valence-electron chi connectivity index (χ3n) is 13.5. The van der Waals surface area contributed by atoms with Gasteiger partial charge in [0.1, 0.15) is 35.3 Å². The molecule has 0 amide bonds. The van der Waals surface area contributed by atoms with Crippen molar-refractivity contribution in [2.45, 2.75) is 135 Å². The maximum Gasteiger partial charge on any atom is 0.310 e. The number of methoxy groups -OCH3 is 1. The second kappa shape index (κ2) is 17.0. The second-order valence-corrected chi connectivity index (χ2v) is 18.7. The van der Waals surface area contributed by atoms with Crippen molar-refractivity contribution in [1.29, 1.82) is 0 Å². The fraction of sp³-hybridized carbons (Fsp3) is 0.571. The number of fused-ring (bicyclic) bond motifs is 1. The van der Waals surface area contributed by atoms with E-state index in [9.17, 15) is 24.0 Å². The lowest BCUT2D eigenvalue weighted by molar-refractivity contribution is -0.165. The summed E-state index contributed by atoms with van der Waals surface area (Å²) in [6, 6.07) is 9.89. The van der Waals surface area contributed by atoms with Gasteiger partial charge in [-0.1, -0.05) is 70.3 Å². The van der Waals surface area contributed by atoms with Gasteiger partial charge in [0.05, 0.1) is 19.4 Å². The summed E-state index contributed by atoms with van der Waals surface area (Å²) in [6.07, 6.45) is 15.2. The van der Waals surface area contributed by atoms with Crippen LogP contribution in [0.5, 0.6) is 11.5 Å². The summed E-state index contributed by atoms with van der Waals surface area (Å²) in [6.45, 7) is 11.0. The van der Waals surface area contributed by atoms with Crippen LogP contribution in [0.15, 0.2) is 60.7 Å². The number of hydrogen-bond donors (Lipinski definition) is 0. The normalized spacial score (nSPS) is 26.3. The van der Waals surface area contributed by atoms with Crippen LogP contribution >= 0.6 is 0 Å². The quantitative estimate of drug-likeness (QED) is 0.114. The smallest absolute Gasteiger partial charge is 0.310 e. The molecule has 58 heavy (non-hydrogen) atoms. The molecular formula is C49H60O9. The number of ketones is 3. The molecule has 2 aromatic rings. The summed E-state index contributed by atoms with van der Waals surface area (Å²) in [5.74, 6) is -2.01. The molecule has 0 spiro atoms. The highest BCUT2D eigenvalue weighted by atomic mass is 16.6. The summed E-state index contributed by atoms with van der Waals surface area (Å²) in [4.78, 5) is 67.9. The first-order chi connectivity index (χ1) is 27.7. The number of carbonyl (C=O) groups excluding carboxylic acids is 5. The average Bonchev–Trinajstić information content (AvgIpc) is 3.57. The van der Waals surface area contributed by atoms with Crippen molar-refractivity contribution in [2.75, 3.05) is 7.11 Å². The molecule has 0 radical (unpaired) electrons. The van der Waals surface area contributed by atoms with Crippen LogP contribution in [0.3, 0.4) is 0 Å². The van der Waals surface area contributed by atoms with Gasteiger partial charge in [-0.05, 0) is 104 Å². The van der Waals surface area contributed by atoms with E-state index in [1.54, 1.807) is 13.2 Å². The lowest BCUT2D eigenvalue weighted by Gasteiger charge is -2.33. The molecule has 0 N–H and O–H groups in total. The van der Waals surface area contributed by atoms with Crippen LogP contribution in [0, 0.1) is 35.0 Å². The minimum absolute atomic E-state index is 0.0795. The Bertz CT molecular complexity index is 2020. The van der Waals surface area contributed by atoms with E-state index in [4.69, 9.17) is 18.9 Å². The molecule has 7 rings (SSSR count). The minimum Gasteiger partial charge on any atom is -0.497 e. The van der Waals surface area contributed by atoms with Crippen molar-refractivity contribution in [3.05, 3.63) is 66.3 Å². The molecule has 5 aliphatic rings. The zero-order chi connectivity index (χ0) is 41.4. The zero-order valence-corrected chi connectivity index (χ0v) is 34.9. The lowest BCUT2D eigenvalue weighted by atomic mass is 9.71. The monoisotopic (exact) mass is 792 g/mol. The topological polar surface area (TPSA) is 122 Å². The SMILES string of the molecule is C=CC1CC1(OC(=O)C1CC(Oc2cc(C3=CCC(CC(=O)CC4CCCC4)=C3)cc3cc(OC)ccc23)CC1C(=O)C(CC(=O)OC1CCC1)C(C)(C)C)C(C)=O. The Hall–Kier alpha value is -4.53. The Balaban J connectivity index is 1.16. The molecular weight excluding hydrogens is 733 g/mol. The van der Waals surface area contributed by atoms with Crippen LogP contribution < -0.4 is 9.47 Å². The number of esters is 2. The predicted octanol–water partition coefficient (Wildman–Crippen LogP) is 9.67. The van der Waals surface area contributed by atoms with Gasteiger partial charge in [0.15, 0.2) is 11.4 Å². The molecule has 0 bridgehead atoms. The van der Waals surface area contributed by atoms with Gasteiger partial charge in [0, 0.05) is 42.4 Å². The first kappa shape index (κ1) is 41.6. The molecule has 4 saturated carbocycles. The van der Waals surface area contributed by atoms with E-state index in [1.807, 2.05) is 45.0 Å². The number of benzene rings is 2. The molecule has 4 fully saturated rings. The van der Waals surface area contributed by atoms with E-state index in [0.29, 0.717) is 48.9 Å². The molecule has 0 aromatic heterocycles. The molecule has 310 valence electrons. The molecule has 2 aromatic carbocycles. The molecule has 6 unspecified atom stereocenters.